The first-order valence-electron chi connectivity index (χ1n) is 7.87. The van der Waals surface area contributed by atoms with Gasteiger partial charge in [0.25, 0.3) is 0 Å². The fraction of sp³-hybridized carbons (Fsp3) is 0.667. The summed E-state index contributed by atoms with van der Waals surface area (Å²) in [6.07, 6.45) is 9.65. The largest absolute Gasteiger partial charge is 0.381 e. The van der Waals surface area contributed by atoms with Gasteiger partial charge in [0.15, 0.2) is 0 Å². The first-order chi connectivity index (χ1) is 9.29. The first-order valence-corrected chi connectivity index (χ1v) is 7.87. The average Bonchev–Trinajstić information content (AvgIpc) is 2.47. The third kappa shape index (κ3) is 6.24. The van der Waals surface area contributed by atoms with E-state index in [0.717, 1.165) is 0 Å². The van der Waals surface area contributed by atoms with Crippen LogP contribution in [0.1, 0.15) is 70.3 Å². The first kappa shape index (κ1) is 16.2. The Hall–Kier alpha value is -0.820. The standard InChI is InChI=1S/C18H30O/c1-4-5-6-7-8-12-15-18(19-3)16(2)17-13-10-9-11-14-17/h9-11,13-14,16,18H,4-8,12,15H2,1-3H3. The van der Waals surface area contributed by atoms with Crippen molar-refractivity contribution in [3.63, 3.8) is 0 Å². The zero-order valence-electron chi connectivity index (χ0n) is 12.9. The van der Waals surface area contributed by atoms with E-state index in [1.807, 2.05) is 7.11 Å². The summed E-state index contributed by atoms with van der Waals surface area (Å²) in [7, 11) is 1.85. The molecule has 0 amide bonds. The van der Waals surface area contributed by atoms with E-state index in [0.29, 0.717) is 12.0 Å². The van der Waals surface area contributed by atoms with Crippen LogP contribution < -0.4 is 0 Å². The zero-order valence-corrected chi connectivity index (χ0v) is 12.9. The van der Waals surface area contributed by atoms with Gasteiger partial charge in [-0.25, -0.2) is 0 Å². The van der Waals surface area contributed by atoms with E-state index in [1.165, 1.54) is 50.5 Å². The zero-order chi connectivity index (χ0) is 13.9. The van der Waals surface area contributed by atoms with Gasteiger partial charge >= 0.3 is 0 Å². The molecule has 0 radical (unpaired) electrons. The maximum absolute atomic E-state index is 5.69. The van der Waals surface area contributed by atoms with Crippen molar-refractivity contribution < 1.29 is 4.74 Å². The molecule has 1 rings (SSSR count). The molecule has 0 aliphatic carbocycles. The number of benzene rings is 1. The monoisotopic (exact) mass is 262 g/mol. The summed E-state index contributed by atoms with van der Waals surface area (Å²) < 4.78 is 5.69. The summed E-state index contributed by atoms with van der Waals surface area (Å²) in [5.74, 6) is 0.488. The van der Waals surface area contributed by atoms with Crippen LogP contribution in [0.15, 0.2) is 30.3 Å². The van der Waals surface area contributed by atoms with E-state index in [1.54, 1.807) is 0 Å². The van der Waals surface area contributed by atoms with Gasteiger partial charge in [0.1, 0.15) is 0 Å². The minimum absolute atomic E-state index is 0.355. The average molecular weight is 262 g/mol. The molecule has 108 valence electrons. The molecule has 2 atom stereocenters. The molecule has 1 aromatic carbocycles. The Morgan fingerprint density at radius 3 is 2.21 bits per heavy atom. The van der Waals surface area contributed by atoms with E-state index in [9.17, 15) is 0 Å². The Bertz CT molecular complexity index is 307. The lowest BCUT2D eigenvalue weighted by atomic mass is 9.92. The summed E-state index contributed by atoms with van der Waals surface area (Å²) in [6, 6.07) is 10.7. The Labute approximate surface area is 119 Å². The van der Waals surface area contributed by atoms with Crippen LogP contribution in [0.2, 0.25) is 0 Å². The Kier molecular flexibility index (Phi) is 8.57. The molecule has 0 bridgehead atoms. The molecule has 0 aliphatic heterocycles. The van der Waals surface area contributed by atoms with Crippen molar-refractivity contribution in [3.05, 3.63) is 35.9 Å². The van der Waals surface area contributed by atoms with Crippen LogP contribution in [-0.2, 0) is 4.74 Å². The topological polar surface area (TPSA) is 9.23 Å². The SMILES string of the molecule is CCCCCCCCC(OC)C(C)c1ccccc1. The predicted octanol–water partition coefficient (Wildman–Crippen LogP) is 5.56. The van der Waals surface area contributed by atoms with Crippen LogP contribution in [0.4, 0.5) is 0 Å². The third-order valence-corrected chi connectivity index (χ3v) is 4.03. The molecular formula is C18H30O. The van der Waals surface area contributed by atoms with Gasteiger partial charge in [-0.15, -0.1) is 0 Å². The van der Waals surface area contributed by atoms with Gasteiger partial charge in [-0.05, 0) is 12.0 Å². The molecule has 19 heavy (non-hydrogen) atoms. The molecule has 0 N–H and O–H groups in total. The minimum atomic E-state index is 0.355. The Morgan fingerprint density at radius 2 is 1.58 bits per heavy atom. The van der Waals surface area contributed by atoms with Crippen LogP contribution in [-0.4, -0.2) is 13.2 Å². The van der Waals surface area contributed by atoms with Crippen LogP contribution in [0.5, 0.6) is 0 Å². The lowest BCUT2D eigenvalue weighted by Gasteiger charge is -2.23. The van der Waals surface area contributed by atoms with Gasteiger partial charge in [-0.3, -0.25) is 0 Å². The van der Waals surface area contributed by atoms with Gasteiger partial charge in [0.05, 0.1) is 6.10 Å². The van der Waals surface area contributed by atoms with Gasteiger partial charge in [0.2, 0.25) is 0 Å². The summed E-state index contributed by atoms with van der Waals surface area (Å²) in [4.78, 5) is 0. The maximum atomic E-state index is 5.69. The highest BCUT2D eigenvalue weighted by Crippen LogP contribution is 2.24. The van der Waals surface area contributed by atoms with Crippen LogP contribution in [0.3, 0.4) is 0 Å². The van der Waals surface area contributed by atoms with E-state index in [4.69, 9.17) is 4.74 Å². The lowest BCUT2D eigenvalue weighted by Crippen LogP contribution is -2.18. The van der Waals surface area contributed by atoms with Gasteiger partial charge in [-0.1, -0.05) is 82.7 Å². The fourth-order valence-electron chi connectivity index (χ4n) is 2.67. The van der Waals surface area contributed by atoms with E-state index in [2.05, 4.69) is 44.2 Å². The number of hydrogen-bond acceptors (Lipinski definition) is 1. The number of unbranched alkanes of at least 4 members (excludes halogenated alkanes) is 5. The smallest absolute Gasteiger partial charge is 0.0637 e. The quantitative estimate of drug-likeness (QED) is 0.502. The summed E-state index contributed by atoms with van der Waals surface area (Å²) in [5.41, 5.74) is 1.39. The van der Waals surface area contributed by atoms with Gasteiger partial charge in [0, 0.05) is 13.0 Å². The molecule has 0 heterocycles. The van der Waals surface area contributed by atoms with Gasteiger partial charge in [-0.2, -0.15) is 0 Å². The molecule has 0 aliphatic rings. The van der Waals surface area contributed by atoms with Crippen molar-refractivity contribution in [2.75, 3.05) is 7.11 Å². The second kappa shape index (κ2) is 10.0. The summed E-state index contributed by atoms with van der Waals surface area (Å²) in [6.45, 7) is 4.54. The van der Waals surface area contributed by atoms with Crippen LogP contribution >= 0.6 is 0 Å². The minimum Gasteiger partial charge on any atom is -0.381 e. The van der Waals surface area contributed by atoms with Crippen LogP contribution in [0, 0.1) is 0 Å². The second-order valence-corrected chi connectivity index (χ2v) is 5.53. The number of hydrogen-bond donors (Lipinski definition) is 0. The molecule has 0 fully saturated rings. The molecule has 0 saturated heterocycles. The highest BCUT2D eigenvalue weighted by atomic mass is 16.5. The molecule has 1 aromatic rings. The summed E-state index contributed by atoms with van der Waals surface area (Å²) in [5, 5.41) is 0. The number of methoxy groups -OCH3 is 1. The van der Waals surface area contributed by atoms with Crippen molar-refractivity contribution in [2.24, 2.45) is 0 Å². The van der Waals surface area contributed by atoms with E-state index < -0.39 is 0 Å². The third-order valence-electron chi connectivity index (χ3n) is 4.03. The van der Waals surface area contributed by atoms with Crippen molar-refractivity contribution in [3.8, 4) is 0 Å². The van der Waals surface area contributed by atoms with Crippen molar-refractivity contribution >= 4 is 0 Å². The normalized spacial score (nSPS) is 14.3. The van der Waals surface area contributed by atoms with E-state index >= 15 is 0 Å². The molecule has 1 nitrogen and oxygen atoms in total. The van der Waals surface area contributed by atoms with Crippen molar-refractivity contribution in [1.29, 1.82) is 0 Å². The maximum Gasteiger partial charge on any atom is 0.0637 e. The number of rotatable bonds is 10. The fourth-order valence-corrected chi connectivity index (χ4v) is 2.67. The Morgan fingerprint density at radius 1 is 0.947 bits per heavy atom. The molecule has 2 unspecified atom stereocenters. The van der Waals surface area contributed by atoms with Crippen molar-refractivity contribution in [1.82, 2.24) is 0 Å². The predicted molar refractivity (Wildman–Crippen MR) is 83.6 cm³/mol. The van der Waals surface area contributed by atoms with Crippen molar-refractivity contribution in [2.45, 2.75) is 70.8 Å². The second-order valence-electron chi connectivity index (χ2n) is 5.53. The highest BCUT2D eigenvalue weighted by molar-refractivity contribution is 5.19. The Balaban J connectivity index is 2.29. The highest BCUT2D eigenvalue weighted by Gasteiger charge is 2.17. The molecule has 0 saturated carbocycles. The lowest BCUT2D eigenvalue weighted by molar-refractivity contribution is 0.0740. The van der Waals surface area contributed by atoms with Gasteiger partial charge < -0.3 is 4.74 Å². The summed E-state index contributed by atoms with van der Waals surface area (Å²) >= 11 is 0. The molecular weight excluding hydrogens is 232 g/mol. The molecule has 0 spiro atoms. The van der Waals surface area contributed by atoms with Crippen LogP contribution in [0.25, 0.3) is 0 Å². The van der Waals surface area contributed by atoms with E-state index in [-0.39, 0.29) is 0 Å². The number of ether oxygens (including phenoxy) is 1. The molecule has 0 aromatic heterocycles. The molecule has 1 heteroatoms.